The fourth-order valence-electron chi connectivity index (χ4n) is 7.20. The summed E-state index contributed by atoms with van der Waals surface area (Å²) < 4.78 is 16.7. The van der Waals surface area contributed by atoms with Crippen LogP contribution in [-0.2, 0) is 28.6 Å². The fourth-order valence-corrected chi connectivity index (χ4v) is 7.20. The van der Waals surface area contributed by atoms with Crippen LogP contribution in [0.15, 0.2) is 0 Å². The van der Waals surface area contributed by atoms with Gasteiger partial charge in [-0.2, -0.15) is 0 Å². The van der Waals surface area contributed by atoms with Gasteiger partial charge in [0.15, 0.2) is 6.10 Å². The molecule has 0 N–H and O–H groups in total. The molecule has 0 saturated heterocycles. The van der Waals surface area contributed by atoms with Crippen LogP contribution in [0.5, 0.6) is 0 Å². The van der Waals surface area contributed by atoms with Gasteiger partial charge in [0.2, 0.25) is 0 Å². The van der Waals surface area contributed by atoms with Crippen LogP contribution in [0.3, 0.4) is 0 Å². The smallest absolute Gasteiger partial charge is 0.306 e. The number of hydrogen-bond donors (Lipinski definition) is 0. The molecule has 6 heteroatoms. The van der Waals surface area contributed by atoms with Crippen LogP contribution in [0.4, 0.5) is 0 Å². The van der Waals surface area contributed by atoms with E-state index < -0.39 is 6.10 Å². The van der Waals surface area contributed by atoms with E-state index in [2.05, 4.69) is 41.5 Å². The molecule has 0 rings (SSSR count). The van der Waals surface area contributed by atoms with E-state index in [1.807, 2.05) is 0 Å². The second kappa shape index (κ2) is 40.6. The zero-order valence-corrected chi connectivity index (χ0v) is 37.7. The molecule has 0 heterocycles. The number of ether oxygens (including phenoxy) is 3. The SMILES string of the molecule is CCC(C)CCCCCCCCC(=O)O[C@H](COC(=O)CCCCCCCCCCCCCCC(C)C)COC(=O)CCCCCCCCCCCC(C)C. The normalized spacial score (nSPS) is 12.7. The molecular weight excluding hydrogens is 685 g/mol. The van der Waals surface area contributed by atoms with E-state index in [0.717, 1.165) is 75.5 Å². The van der Waals surface area contributed by atoms with Crippen LogP contribution >= 0.6 is 0 Å². The number of carbonyl (C=O) groups is 3. The first kappa shape index (κ1) is 53.4. The molecule has 0 aliphatic heterocycles. The minimum absolute atomic E-state index is 0.0662. The molecule has 0 fully saturated rings. The van der Waals surface area contributed by atoms with Crippen molar-refractivity contribution in [3.05, 3.63) is 0 Å². The summed E-state index contributed by atoms with van der Waals surface area (Å²) in [5, 5.41) is 0. The maximum absolute atomic E-state index is 12.7. The van der Waals surface area contributed by atoms with Crippen molar-refractivity contribution in [2.75, 3.05) is 13.2 Å². The van der Waals surface area contributed by atoms with Gasteiger partial charge in [0.25, 0.3) is 0 Å². The zero-order chi connectivity index (χ0) is 40.6. The number of carbonyl (C=O) groups excluding carboxylic acids is 3. The third-order valence-corrected chi connectivity index (χ3v) is 11.3. The number of hydrogen-bond acceptors (Lipinski definition) is 6. The van der Waals surface area contributed by atoms with Gasteiger partial charge in [0.05, 0.1) is 0 Å². The molecule has 1 unspecified atom stereocenters. The third kappa shape index (κ3) is 41.9. The molecule has 0 aliphatic carbocycles. The van der Waals surface area contributed by atoms with Gasteiger partial charge in [-0.25, -0.2) is 0 Å². The van der Waals surface area contributed by atoms with Crippen LogP contribution in [0.2, 0.25) is 0 Å². The van der Waals surface area contributed by atoms with Gasteiger partial charge in [-0.15, -0.1) is 0 Å². The molecular formula is C49H94O6. The van der Waals surface area contributed by atoms with Crippen molar-refractivity contribution in [2.45, 2.75) is 266 Å². The van der Waals surface area contributed by atoms with Gasteiger partial charge < -0.3 is 14.2 Å². The highest BCUT2D eigenvalue weighted by Crippen LogP contribution is 2.17. The second-order valence-electron chi connectivity index (χ2n) is 17.9. The lowest BCUT2D eigenvalue weighted by Gasteiger charge is -2.18. The minimum atomic E-state index is -0.762. The second-order valence-corrected chi connectivity index (χ2v) is 17.9. The first-order valence-electron chi connectivity index (χ1n) is 24.1. The summed E-state index contributed by atoms with van der Waals surface area (Å²) in [6.07, 6.45) is 38.1. The predicted molar refractivity (Wildman–Crippen MR) is 233 cm³/mol. The quantitative estimate of drug-likeness (QED) is 0.0349. The Hall–Kier alpha value is -1.59. The van der Waals surface area contributed by atoms with Crippen molar-refractivity contribution in [1.82, 2.24) is 0 Å². The molecule has 326 valence electrons. The van der Waals surface area contributed by atoms with E-state index in [0.29, 0.717) is 19.3 Å². The minimum Gasteiger partial charge on any atom is -0.462 e. The van der Waals surface area contributed by atoms with Gasteiger partial charge in [0, 0.05) is 19.3 Å². The largest absolute Gasteiger partial charge is 0.462 e. The molecule has 6 nitrogen and oxygen atoms in total. The Kier molecular flexibility index (Phi) is 39.4. The Bertz CT molecular complexity index is 854. The van der Waals surface area contributed by atoms with Crippen molar-refractivity contribution >= 4 is 17.9 Å². The van der Waals surface area contributed by atoms with E-state index in [-0.39, 0.29) is 31.1 Å². The van der Waals surface area contributed by atoms with Gasteiger partial charge >= 0.3 is 17.9 Å². The summed E-state index contributed by atoms with van der Waals surface area (Å²) >= 11 is 0. The lowest BCUT2D eigenvalue weighted by atomic mass is 10.00. The molecule has 0 aromatic rings. The maximum Gasteiger partial charge on any atom is 0.306 e. The van der Waals surface area contributed by atoms with Crippen molar-refractivity contribution in [2.24, 2.45) is 17.8 Å². The Morgan fingerprint density at radius 1 is 0.364 bits per heavy atom. The highest BCUT2D eigenvalue weighted by Gasteiger charge is 2.19. The van der Waals surface area contributed by atoms with Crippen molar-refractivity contribution < 1.29 is 28.6 Å². The highest BCUT2D eigenvalue weighted by atomic mass is 16.6. The van der Waals surface area contributed by atoms with E-state index in [4.69, 9.17) is 14.2 Å². The Labute approximate surface area is 342 Å². The third-order valence-electron chi connectivity index (χ3n) is 11.3. The van der Waals surface area contributed by atoms with Gasteiger partial charge in [-0.3, -0.25) is 14.4 Å². The van der Waals surface area contributed by atoms with Crippen molar-refractivity contribution in [3.8, 4) is 0 Å². The maximum atomic E-state index is 12.7. The molecule has 0 spiro atoms. The van der Waals surface area contributed by atoms with Gasteiger partial charge in [0.1, 0.15) is 13.2 Å². The molecule has 0 bridgehead atoms. The predicted octanol–water partition coefficient (Wildman–Crippen LogP) is 15.2. The van der Waals surface area contributed by atoms with Crippen LogP contribution in [0, 0.1) is 17.8 Å². The number of esters is 3. The summed E-state index contributed by atoms with van der Waals surface area (Å²) in [5.74, 6) is 1.59. The molecule has 55 heavy (non-hydrogen) atoms. The summed E-state index contributed by atoms with van der Waals surface area (Å²) in [6.45, 7) is 13.7. The fraction of sp³-hybridized carbons (Fsp3) is 0.939. The molecule has 0 aromatic heterocycles. The summed E-state index contributed by atoms with van der Waals surface area (Å²) in [5.41, 5.74) is 0. The molecule has 0 saturated carbocycles. The Morgan fingerprint density at radius 3 is 0.945 bits per heavy atom. The first-order valence-corrected chi connectivity index (χ1v) is 24.1. The van der Waals surface area contributed by atoms with E-state index >= 15 is 0 Å². The first-order chi connectivity index (χ1) is 26.6. The highest BCUT2D eigenvalue weighted by molar-refractivity contribution is 5.71. The molecule has 2 atom stereocenters. The Morgan fingerprint density at radius 2 is 0.636 bits per heavy atom. The Balaban J connectivity index is 4.31. The molecule has 0 radical (unpaired) electrons. The van der Waals surface area contributed by atoms with Gasteiger partial charge in [-0.1, -0.05) is 221 Å². The molecule has 0 aromatic carbocycles. The average molecular weight is 779 g/mol. The number of rotatable bonds is 42. The van der Waals surface area contributed by atoms with E-state index in [9.17, 15) is 14.4 Å². The lowest BCUT2D eigenvalue weighted by Crippen LogP contribution is -2.30. The monoisotopic (exact) mass is 779 g/mol. The molecule has 0 aliphatic rings. The summed E-state index contributed by atoms with van der Waals surface area (Å²) in [4.78, 5) is 37.8. The van der Waals surface area contributed by atoms with Crippen LogP contribution in [-0.4, -0.2) is 37.2 Å². The molecule has 0 amide bonds. The summed E-state index contributed by atoms with van der Waals surface area (Å²) in [7, 11) is 0. The van der Waals surface area contributed by atoms with Crippen molar-refractivity contribution in [3.63, 3.8) is 0 Å². The van der Waals surface area contributed by atoms with Gasteiger partial charge in [-0.05, 0) is 37.0 Å². The summed E-state index contributed by atoms with van der Waals surface area (Å²) in [6, 6.07) is 0. The van der Waals surface area contributed by atoms with Crippen LogP contribution in [0.25, 0.3) is 0 Å². The van der Waals surface area contributed by atoms with Crippen molar-refractivity contribution in [1.29, 1.82) is 0 Å². The zero-order valence-electron chi connectivity index (χ0n) is 37.7. The van der Waals surface area contributed by atoms with E-state index in [1.165, 1.54) is 141 Å². The van der Waals surface area contributed by atoms with Crippen LogP contribution < -0.4 is 0 Å². The topological polar surface area (TPSA) is 78.9 Å². The average Bonchev–Trinajstić information content (AvgIpc) is 3.15. The lowest BCUT2D eigenvalue weighted by molar-refractivity contribution is -0.167. The number of unbranched alkanes of at least 4 members (excludes halogenated alkanes) is 24. The van der Waals surface area contributed by atoms with E-state index in [1.54, 1.807) is 0 Å². The van der Waals surface area contributed by atoms with Crippen LogP contribution in [0.1, 0.15) is 260 Å². The standard InChI is InChI=1S/C49H94O6/c1-7-45(6)37-31-25-21-22-28-34-40-49(52)55-46(42-54-48(51)39-33-27-20-16-12-14-18-24-30-36-44(4)5)41-53-47(50)38-32-26-19-15-11-9-8-10-13-17-23-29-35-43(2)3/h43-46H,7-42H2,1-6H3/t45?,46-/m1/s1.